The van der Waals surface area contributed by atoms with Crippen LogP contribution >= 0.6 is 0 Å². The van der Waals surface area contributed by atoms with Gasteiger partial charge in [0.05, 0.1) is 11.6 Å². The Balaban J connectivity index is 1.81. The van der Waals surface area contributed by atoms with Crippen molar-refractivity contribution in [3.8, 4) is 5.75 Å². The fourth-order valence-corrected chi connectivity index (χ4v) is 3.65. The van der Waals surface area contributed by atoms with Crippen LogP contribution in [0.2, 0.25) is 0 Å². The van der Waals surface area contributed by atoms with Gasteiger partial charge in [-0.1, -0.05) is 18.2 Å². The molecule has 158 valence electrons. The van der Waals surface area contributed by atoms with E-state index in [0.717, 1.165) is 12.1 Å². The van der Waals surface area contributed by atoms with Gasteiger partial charge in [0.15, 0.2) is 11.6 Å². The highest BCUT2D eigenvalue weighted by Gasteiger charge is 2.36. The van der Waals surface area contributed by atoms with E-state index in [4.69, 9.17) is 16.2 Å². The van der Waals surface area contributed by atoms with Crippen LogP contribution in [0, 0.1) is 11.6 Å². The quantitative estimate of drug-likeness (QED) is 0.654. The number of hydrogen-bond donors (Lipinski definition) is 2. The molecule has 7 nitrogen and oxygen atoms in total. The molecule has 2 heterocycles. The molecule has 31 heavy (non-hydrogen) atoms. The van der Waals surface area contributed by atoms with Crippen molar-refractivity contribution < 1.29 is 23.1 Å². The van der Waals surface area contributed by atoms with E-state index in [1.54, 1.807) is 24.3 Å². The summed E-state index contributed by atoms with van der Waals surface area (Å²) >= 11 is 0. The summed E-state index contributed by atoms with van der Waals surface area (Å²) in [5.74, 6) is -2.96. The molecule has 1 atom stereocenters. The molecule has 0 aliphatic carbocycles. The van der Waals surface area contributed by atoms with Crippen LogP contribution in [0.5, 0.6) is 5.75 Å². The van der Waals surface area contributed by atoms with Crippen LogP contribution in [0.4, 0.5) is 14.6 Å². The summed E-state index contributed by atoms with van der Waals surface area (Å²) in [5, 5.41) is 0. The highest BCUT2D eigenvalue weighted by atomic mass is 19.1. The van der Waals surface area contributed by atoms with E-state index in [1.165, 1.54) is 23.2 Å². The van der Waals surface area contributed by atoms with Crippen LogP contribution in [0.15, 0.2) is 54.7 Å². The molecule has 9 heteroatoms. The van der Waals surface area contributed by atoms with E-state index in [1.807, 2.05) is 0 Å². The molecule has 0 radical (unpaired) electrons. The molecule has 1 aliphatic heterocycles. The molecule has 4 N–H and O–H groups in total. The Morgan fingerprint density at radius 1 is 1.13 bits per heavy atom. The fraction of sp³-hybridized carbons (Fsp3) is 0.136. The molecular formula is C22H18F2N4O3. The maximum absolute atomic E-state index is 14.2. The van der Waals surface area contributed by atoms with Crippen LogP contribution in [0.1, 0.15) is 37.9 Å². The first-order valence-electron chi connectivity index (χ1n) is 9.37. The van der Waals surface area contributed by atoms with E-state index in [-0.39, 0.29) is 41.4 Å². The highest BCUT2D eigenvalue weighted by Crippen LogP contribution is 2.40. The van der Waals surface area contributed by atoms with Crippen molar-refractivity contribution in [2.75, 3.05) is 12.3 Å². The molecule has 2 aromatic carbocycles. The number of fused-ring (bicyclic) bond motifs is 1. The zero-order valence-electron chi connectivity index (χ0n) is 16.2. The second kappa shape index (κ2) is 8.02. The smallest absolute Gasteiger partial charge is 0.258 e. The Labute approximate surface area is 176 Å². The van der Waals surface area contributed by atoms with E-state index in [9.17, 15) is 18.4 Å². The number of aromatic nitrogens is 1. The molecule has 0 saturated carbocycles. The first-order valence-corrected chi connectivity index (χ1v) is 9.37. The summed E-state index contributed by atoms with van der Waals surface area (Å²) in [6.07, 6.45) is 1.44. The normalized spacial score (nSPS) is 14.6. The van der Waals surface area contributed by atoms with Gasteiger partial charge in [0.1, 0.15) is 18.2 Å². The van der Waals surface area contributed by atoms with Gasteiger partial charge in [-0.25, -0.2) is 13.8 Å². The summed E-state index contributed by atoms with van der Waals surface area (Å²) in [4.78, 5) is 30.6. The summed E-state index contributed by atoms with van der Waals surface area (Å²) in [7, 11) is 0. The minimum atomic E-state index is -0.858. The lowest BCUT2D eigenvalue weighted by atomic mass is 10.0. The number of ether oxygens (including phenoxy) is 1. The molecule has 2 amide bonds. The second-order valence-corrected chi connectivity index (χ2v) is 7.02. The van der Waals surface area contributed by atoms with Crippen LogP contribution in [0.3, 0.4) is 0 Å². The second-order valence-electron chi connectivity index (χ2n) is 7.02. The monoisotopic (exact) mass is 424 g/mol. The number of benzene rings is 2. The molecular weight excluding hydrogens is 406 g/mol. The number of nitrogen functional groups attached to an aromatic ring is 1. The summed E-state index contributed by atoms with van der Waals surface area (Å²) in [6.45, 7) is -0.168. The number of hydrogen-bond acceptors (Lipinski definition) is 5. The number of nitrogens with zero attached hydrogens (tertiary/aromatic N) is 2. The van der Waals surface area contributed by atoms with Gasteiger partial charge in [-0.2, -0.15) is 0 Å². The third-order valence-electron chi connectivity index (χ3n) is 5.11. The first-order chi connectivity index (χ1) is 14.9. The average molecular weight is 424 g/mol. The van der Waals surface area contributed by atoms with Crippen molar-refractivity contribution in [3.63, 3.8) is 0 Å². The van der Waals surface area contributed by atoms with Gasteiger partial charge in [-0.15, -0.1) is 0 Å². The molecule has 4 rings (SSSR count). The minimum Gasteiger partial charge on any atom is -0.488 e. The number of carbonyl (C=O) groups is 2. The number of amides is 2. The van der Waals surface area contributed by atoms with Gasteiger partial charge in [0.25, 0.3) is 5.91 Å². The number of halogens is 2. The summed E-state index contributed by atoms with van der Waals surface area (Å²) < 4.78 is 33.6. The van der Waals surface area contributed by atoms with Crippen LogP contribution in [-0.2, 0) is 6.54 Å². The van der Waals surface area contributed by atoms with Gasteiger partial charge in [-0.05, 0) is 29.8 Å². The number of pyridine rings is 1. The minimum absolute atomic E-state index is 0.00486. The number of primary amides is 1. The van der Waals surface area contributed by atoms with Gasteiger partial charge in [0.2, 0.25) is 5.91 Å². The standard InChI is InChI=1S/C22H18F2N4O3/c23-13-8-16-18(11-31-19(16)17(24)9-13)28(22(30)15-6-3-7-27-20(15)25)10-12-4-1-2-5-14(12)21(26)29/h1-9,18H,10-11H2,(H2,25,27)(H2,26,29). The van der Waals surface area contributed by atoms with Crippen molar-refractivity contribution in [3.05, 3.63) is 88.6 Å². The predicted octanol–water partition coefficient (Wildman–Crippen LogP) is 2.82. The third-order valence-corrected chi connectivity index (χ3v) is 5.11. The van der Waals surface area contributed by atoms with Crippen molar-refractivity contribution in [1.82, 2.24) is 9.88 Å². The molecule has 1 aromatic heterocycles. The van der Waals surface area contributed by atoms with Crippen molar-refractivity contribution in [2.24, 2.45) is 5.73 Å². The Hall–Kier alpha value is -4.01. The topological polar surface area (TPSA) is 112 Å². The van der Waals surface area contributed by atoms with Gasteiger partial charge in [-0.3, -0.25) is 9.59 Å². The maximum Gasteiger partial charge on any atom is 0.258 e. The largest absolute Gasteiger partial charge is 0.488 e. The van der Waals surface area contributed by atoms with Gasteiger partial charge >= 0.3 is 0 Å². The Kier molecular flexibility index (Phi) is 5.24. The first kappa shape index (κ1) is 20.3. The van der Waals surface area contributed by atoms with Crippen LogP contribution in [0.25, 0.3) is 0 Å². The molecule has 0 bridgehead atoms. The van der Waals surface area contributed by atoms with E-state index in [0.29, 0.717) is 5.56 Å². The lowest BCUT2D eigenvalue weighted by Gasteiger charge is -2.29. The summed E-state index contributed by atoms with van der Waals surface area (Å²) in [5.41, 5.74) is 12.4. The number of carbonyl (C=O) groups excluding carboxylic acids is 2. The Morgan fingerprint density at radius 3 is 2.61 bits per heavy atom. The Morgan fingerprint density at radius 2 is 1.87 bits per heavy atom. The zero-order chi connectivity index (χ0) is 22.1. The van der Waals surface area contributed by atoms with Crippen molar-refractivity contribution in [1.29, 1.82) is 0 Å². The predicted molar refractivity (Wildman–Crippen MR) is 108 cm³/mol. The zero-order valence-corrected chi connectivity index (χ0v) is 16.2. The van der Waals surface area contributed by atoms with Crippen LogP contribution in [-0.4, -0.2) is 28.3 Å². The van der Waals surface area contributed by atoms with Gasteiger partial charge < -0.3 is 21.1 Å². The van der Waals surface area contributed by atoms with Crippen molar-refractivity contribution in [2.45, 2.75) is 12.6 Å². The molecule has 3 aromatic rings. The number of nitrogens with two attached hydrogens (primary N) is 2. The summed E-state index contributed by atoms with van der Waals surface area (Å²) in [6, 6.07) is 10.6. The highest BCUT2D eigenvalue weighted by molar-refractivity contribution is 5.99. The fourth-order valence-electron chi connectivity index (χ4n) is 3.65. The number of anilines is 1. The lowest BCUT2D eigenvalue weighted by molar-refractivity contribution is 0.0629. The maximum atomic E-state index is 14.2. The lowest BCUT2D eigenvalue weighted by Crippen LogP contribution is -2.36. The van der Waals surface area contributed by atoms with E-state index >= 15 is 0 Å². The molecule has 0 fully saturated rings. The Bertz CT molecular complexity index is 1190. The third kappa shape index (κ3) is 3.77. The van der Waals surface area contributed by atoms with Gasteiger partial charge in [0, 0.05) is 29.9 Å². The van der Waals surface area contributed by atoms with Crippen LogP contribution < -0.4 is 16.2 Å². The van der Waals surface area contributed by atoms with E-state index < -0.39 is 29.5 Å². The number of rotatable bonds is 5. The SMILES string of the molecule is NC(=O)c1ccccc1CN(C(=O)c1cccnc1N)C1COc2c(F)cc(F)cc21. The average Bonchev–Trinajstić information content (AvgIpc) is 3.16. The van der Waals surface area contributed by atoms with E-state index in [2.05, 4.69) is 4.98 Å². The van der Waals surface area contributed by atoms with Crippen molar-refractivity contribution >= 4 is 17.6 Å². The molecule has 0 spiro atoms. The molecule has 0 saturated heterocycles. The molecule has 1 unspecified atom stereocenters. The molecule has 1 aliphatic rings.